The van der Waals surface area contributed by atoms with Crippen LogP contribution >= 0.6 is 0 Å². The van der Waals surface area contributed by atoms with Crippen LogP contribution < -0.4 is 0 Å². The molecule has 2 atom stereocenters. The van der Waals surface area contributed by atoms with Gasteiger partial charge in [0.25, 0.3) is 0 Å². The predicted octanol–water partition coefficient (Wildman–Crippen LogP) is 1.66. The van der Waals surface area contributed by atoms with E-state index in [0.717, 1.165) is 25.7 Å². The molecule has 2 nitrogen and oxygen atoms in total. The minimum Gasteiger partial charge on any atom is -0.390 e. The Morgan fingerprint density at radius 1 is 1.33 bits per heavy atom. The fourth-order valence-electron chi connectivity index (χ4n) is 2.65. The van der Waals surface area contributed by atoms with Crippen molar-refractivity contribution in [1.29, 1.82) is 0 Å². The van der Waals surface area contributed by atoms with Crippen LogP contribution in [-0.2, 0) is 4.79 Å². The van der Waals surface area contributed by atoms with E-state index < -0.39 is 5.60 Å². The van der Waals surface area contributed by atoms with E-state index in [1.165, 1.54) is 6.42 Å². The maximum absolute atomic E-state index is 11.1. The third-order valence-corrected chi connectivity index (χ3v) is 3.48. The minimum atomic E-state index is -0.466. The summed E-state index contributed by atoms with van der Waals surface area (Å²) in [6, 6.07) is 0. The molecule has 0 saturated heterocycles. The number of aliphatic hydroxyl groups is 1. The number of hydrogen-bond donors (Lipinski definition) is 1. The molecule has 0 aromatic carbocycles. The number of carbonyl (C=O) groups excluding carboxylic acids is 1. The van der Waals surface area contributed by atoms with Crippen LogP contribution in [-0.4, -0.2) is 16.5 Å². The number of carbonyl (C=O) groups is 1. The van der Waals surface area contributed by atoms with Crippen molar-refractivity contribution < 1.29 is 9.90 Å². The molecule has 0 spiro atoms. The molecular formula is C10H16O2. The van der Waals surface area contributed by atoms with E-state index in [0.29, 0.717) is 18.6 Å². The molecule has 0 aromatic rings. The standard InChI is InChI=1S/C10H16O2/c11-9-4-6-10(12)5-2-1-3-8(10)7-9/h8,12H,1-7H2/t8-,10-/m1/s1. The summed E-state index contributed by atoms with van der Waals surface area (Å²) in [6.45, 7) is 0. The van der Waals surface area contributed by atoms with E-state index >= 15 is 0 Å². The lowest BCUT2D eigenvalue weighted by Crippen LogP contribution is -2.45. The van der Waals surface area contributed by atoms with Crippen molar-refractivity contribution >= 4 is 5.78 Å². The summed E-state index contributed by atoms with van der Waals surface area (Å²) in [5.41, 5.74) is -0.466. The van der Waals surface area contributed by atoms with Gasteiger partial charge in [-0.3, -0.25) is 4.79 Å². The smallest absolute Gasteiger partial charge is 0.133 e. The van der Waals surface area contributed by atoms with Crippen LogP contribution in [0, 0.1) is 5.92 Å². The Labute approximate surface area is 73.0 Å². The predicted molar refractivity (Wildman–Crippen MR) is 45.8 cm³/mol. The van der Waals surface area contributed by atoms with Crippen LogP contribution in [0.1, 0.15) is 44.9 Å². The van der Waals surface area contributed by atoms with Gasteiger partial charge in [-0.25, -0.2) is 0 Å². The van der Waals surface area contributed by atoms with Gasteiger partial charge in [0.15, 0.2) is 0 Å². The monoisotopic (exact) mass is 168 g/mol. The zero-order chi connectivity index (χ0) is 8.60. The highest BCUT2D eigenvalue weighted by Gasteiger charge is 2.42. The third-order valence-electron chi connectivity index (χ3n) is 3.48. The van der Waals surface area contributed by atoms with Gasteiger partial charge in [0.05, 0.1) is 5.60 Å². The largest absolute Gasteiger partial charge is 0.390 e. The van der Waals surface area contributed by atoms with Crippen molar-refractivity contribution in [3.05, 3.63) is 0 Å². The van der Waals surface area contributed by atoms with Gasteiger partial charge in [0.2, 0.25) is 0 Å². The summed E-state index contributed by atoms with van der Waals surface area (Å²) in [7, 11) is 0. The van der Waals surface area contributed by atoms with E-state index in [2.05, 4.69) is 0 Å². The SMILES string of the molecule is O=C1CC[C@]2(O)CCCC[C@@H]2C1. The summed E-state index contributed by atoms with van der Waals surface area (Å²) < 4.78 is 0. The summed E-state index contributed by atoms with van der Waals surface area (Å²) in [4.78, 5) is 11.1. The average Bonchev–Trinajstić information content (AvgIpc) is 2.06. The molecule has 68 valence electrons. The summed E-state index contributed by atoms with van der Waals surface area (Å²) >= 11 is 0. The minimum absolute atomic E-state index is 0.285. The lowest BCUT2D eigenvalue weighted by molar-refractivity contribution is -0.134. The van der Waals surface area contributed by atoms with Crippen molar-refractivity contribution in [3.63, 3.8) is 0 Å². The van der Waals surface area contributed by atoms with E-state index in [1.54, 1.807) is 0 Å². The number of fused-ring (bicyclic) bond motifs is 1. The summed E-state index contributed by atoms with van der Waals surface area (Å²) in [5.74, 6) is 0.638. The lowest BCUT2D eigenvalue weighted by atomic mass is 9.67. The van der Waals surface area contributed by atoms with Gasteiger partial charge in [-0.2, -0.15) is 0 Å². The number of ketones is 1. The van der Waals surface area contributed by atoms with Crippen LogP contribution in [0.2, 0.25) is 0 Å². The molecular weight excluding hydrogens is 152 g/mol. The summed E-state index contributed by atoms with van der Waals surface area (Å²) in [6.07, 6.45) is 6.27. The fraction of sp³-hybridized carbons (Fsp3) is 0.900. The van der Waals surface area contributed by atoms with Crippen molar-refractivity contribution in [2.45, 2.75) is 50.5 Å². The van der Waals surface area contributed by atoms with Crippen molar-refractivity contribution in [2.24, 2.45) is 5.92 Å². The molecule has 2 rings (SSSR count). The van der Waals surface area contributed by atoms with Gasteiger partial charge in [-0.05, 0) is 25.2 Å². The molecule has 2 saturated carbocycles. The first-order valence-electron chi connectivity index (χ1n) is 4.95. The molecule has 2 aliphatic rings. The van der Waals surface area contributed by atoms with Crippen LogP contribution in [0.25, 0.3) is 0 Å². The first-order valence-corrected chi connectivity index (χ1v) is 4.95. The molecule has 0 aliphatic heterocycles. The van der Waals surface area contributed by atoms with E-state index in [1.807, 2.05) is 0 Å². The Hall–Kier alpha value is -0.370. The first-order chi connectivity index (χ1) is 5.71. The molecule has 0 aromatic heterocycles. The number of Topliss-reactive ketones (excluding diaryl/α,β-unsaturated/α-hetero) is 1. The number of hydrogen-bond acceptors (Lipinski definition) is 2. The van der Waals surface area contributed by atoms with E-state index in [4.69, 9.17) is 0 Å². The van der Waals surface area contributed by atoms with Crippen molar-refractivity contribution in [3.8, 4) is 0 Å². The Morgan fingerprint density at radius 3 is 3.00 bits per heavy atom. The van der Waals surface area contributed by atoms with Crippen LogP contribution in [0.15, 0.2) is 0 Å². The van der Waals surface area contributed by atoms with Gasteiger partial charge in [-0.15, -0.1) is 0 Å². The molecule has 2 fully saturated rings. The topological polar surface area (TPSA) is 37.3 Å². The van der Waals surface area contributed by atoms with Crippen LogP contribution in [0.3, 0.4) is 0 Å². The zero-order valence-electron chi connectivity index (χ0n) is 7.38. The molecule has 12 heavy (non-hydrogen) atoms. The second-order valence-corrected chi connectivity index (χ2v) is 4.29. The first kappa shape index (κ1) is 8.24. The fourth-order valence-corrected chi connectivity index (χ4v) is 2.65. The highest BCUT2D eigenvalue weighted by atomic mass is 16.3. The highest BCUT2D eigenvalue weighted by molar-refractivity contribution is 5.79. The molecule has 0 unspecified atom stereocenters. The molecule has 0 radical (unpaired) electrons. The lowest BCUT2D eigenvalue weighted by Gasteiger charge is -2.42. The van der Waals surface area contributed by atoms with Crippen LogP contribution in [0.5, 0.6) is 0 Å². The highest BCUT2D eigenvalue weighted by Crippen LogP contribution is 2.42. The molecule has 0 amide bonds. The second-order valence-electron chi connectivity index (χ2n) is 4.29. The summed E-state index contributed by atoms with van der Waals surface area (Å²) in [5, 5.41) is 10.2. The van der Waals surface area contributed by atoms with Gasteiger partial charge in [0, 0.05) is 12.8 Å². The Morgan fingerprint density at radius 2 is 2.17 bits per heavy atom. The van der Waals surface area contributed by atoms with Crippen LogP contribution in [0.4, 0.5) is 0 Å². The van der Waals surface area contributed by atoms with Gasteiger partial charge in [0.1, 0.15) is 5.78 Å². The Kier molecular flexibility index (Phi) is 1.95. The van der Waals surface area contributed by atoms with Gasteiger partial charge >= 0.3 is 0 Å². The van der Waals surface area contributed by atoms with Gasteiger partial charge in [-0.1, -0.05) is 12.8 Å². The van der Waals surface area contributed by atoms with Crippen molar-refractivity contribution in [2.75, 3.05) is 0 Å². The third kappa shape index (κ3) is 1.28. The molecule has 2 aliphatic carbocycles. The zero-order valence-corrected chi connectivity index (χ0v) is 7.38. The molecule has 0 heterocycles. The van der Waals surface area contributed by atoms with Crippen molar-refractivity contribution in [1.82, 2.24) is 0 Å². The van der Waals surface area contributed by atoms with Gasteiger partial charge < -0.3 is 5.11 Å². The van der Waals surface area contributed by atoms with E-state index in [9.17, 15) is 9.90 Å². The molecule has 0 bridgehead atoms. The molecule has 2 heteroatoms. The number of rotatable bonds is 0. The Bertz CT molecular complexity index is 200. The maximum Gasteiger partial charge on any atom is 0.133 e. The second kappa shape index (κ2) is 2.84. The quantitative estimate of drug-likeness (QED) is 0.597. The average molecular weight is 168 g/mol. The maximum atomic E-state index is 11.1. The molecule has 1 N–H and O–H groups in total. The normalized spacial score (nSPS) is 42.4. The van der Waals surface area contributed by atoms with E-state index in [-0.39, 0.29) is 5.92 Å². The Balaban J connectivity index is 2.11.